The number of rotatable bonds is 5. The Morgan fingerprint density at radius 2 is 2.08 bits per heavy atom. The molecule has 0 rings (SSSR count). The van der Waals surface area contributed by atoms with E-state index in [9.17, 15) is 4.79 Å². The summed E-state index contributed by atoms with van der Waals surface area (Å²) in [5.41, 5.74) is 0. The first-order chi connectivity index (χ1) is 5.63. The number of carbonyl (C=O) groups is 1. The number of aliphatic hydroxyl groups excluding tert-OH is 1. The van der Waals surface area contributed by atoms with Crippen LogP contribution in [-0.4, -0.2) is 24.3 Å². The van der Waals surface area contributed by atoms with E-state index in [0.717, 1.165) is 0 Å². The van der Waals surface area contributed by atoms with Gasteiger partial charge in [0.05, 0.1) is 12.5 Å². The summed E-state index contributed by atoms with van der Waals surface area (Å²) in [4.78, 5) is 11.2. The fourth-order valence-corrected chi connectivity index (χ4v) is 1.11. The van der Waals surface area contributed by atoms with Gasteiger partial charge in [0.15, 0.2) is 0 Å². The van der Waals surface area contributed by atoms with Crippen LogP contribution in [0.5, 0.6) is 0 Å². The van der Waals surface area contributed by atoms with E-state index in [1.165, 1.54) is 0 Å². The van der Waals surface area contributed by atoms with Crippen molar-refractivity contribution in [2.24, 2.45) is 11.8 Å². The standard InChI is InChI=1S/C9H18O3/c1-4-12-9(11)8(5-6-10)7(2)3/h7-8,10H,4-6H2,1-3H3. The molecule has 1 atom stereocenters. The third-order valence-corrected chi connectivity index (χ3v) is 1.83. The lowest BCUT2D eigenvalue weighted by molar-refractivity contribution is -0.150. The number of hydrogen-bond donors (Lipinski definition) is 1. The highest BCUT2D eigenvalue weighted by Crippen LogP contribution is 2.16. The Kier molecular flexibility index (Phi) is 5.72. The van der Waals surface area contributed by atoms with Gasteiger partial charge in [-0.05, 0) is 19.3 Å². The minimum atomic E-state index is -0.193. The molecule has 3 heteroatoms. The SMILES string of the molecule is CCOC(=O)C(CCO)C(C)C. The highest BCUT2D eigenvalue weighted by atomic mass is 16.5. The number of hydrogen-bond acceptors (Lipinski definition) is 3. The molecule has 0 saturated carbocycles. The molecule has 0 fully saturated rings. The van der Waals surface area contributed by atoms with Gasteiger partial charge in [0.2, 0.25) is 0 Å². The predicted molar refractivity (Wildman–Crippen MR) is 46.7 cm³/mol. The molecule has 0 amide bonds. The second kappa shape index (κ2) is 6.00. The summed E-state index contributed by atoms with van der Waals surface area (Å²) in [5.74, 6) is -0.118. The van der Waals surface area contributed by atoms with Gasteiger partial charge in [0.25, 0.3) is 0 Å². The maximum Gasteiger partial charge on any atom is 0.309 e. The van der Waals surface area contributed by atoms with Crippen molar-refractivity contribution in [3.8, 4) is 0 Å². The smallest absolute Gasteiger partial charge is 0.309 e. The van der Waals surface area contributed by atoms with Gasteiger partial charge in [-0.1, -0.05) is 13.8 Å². The van der Waals surface area contributed by atoms with Crippen LogP contribution in [0.25, 0.3) is 0 Å². The van der Waals surface area contributed by atoms with Crippen molar-refractivity contribution in [1.82, 2.24) is 0 Å². The molecule has 0 saturated heterocycles. The second-order valence-corrected chi connectivity index (χ2v) is 3.11. The van der Waals surface area contributed by atoms with Crippen LogP contribution in [0.4, 0.5) is 0 Å². The molecule has 72 valence electrons. The molecular weight excluding hydrogens is 156 g/mol. The van der Waals surface area contributed by atoms with Crippen molar-refractivity contribution >= 4 is 5.97 Å². The molecular formula is C9H18O3. The monoisotopic (exact) mass is 174 g/mol. The lowest BCUT2D eigenvalue weighted by Crippen LogP contribution is -2.23. The Hall–Kier alpha value is -0.570. The van der Waals surface area contributed by atoms with Crippen molar-refractivity contribution in [1.29, 1.82) is 0 Å². The van der Waals surface area contributed by atoms with E-state index in [4.69, 9.17) is 9.84 Å². The van der Waals surface area contributed by atoms with Gasteiger partial charge in [-0.15, -0.1) is 0 Å². The summed E-state index contributed by atoms with van der Waals surface area (Å²) in [6, 6.07) is 0. The van der Waals surface area contributed by atoms with Gasteiger partial charge in [0.1, 0.15) is 0 Å². The molecule has 0 aromatic heterocycles. The van der Waals surface area contributed by atoms with Gasteiger partial charge >= 0.3 is 5.97 Å². The molecule has 1 N–H and O–H groups in total. The Morgan fingerprint density at radius 1 is 1.50 bits per heavy atom. The van der Waals surface area contributed by atoms with Crippen molar-refractivity contribution in [2.75, 3.05) is 13.2 Å². The summed E-state index contributed by atoms with van der Waals surface area (Å²) >= 11 is 0. The molecule has 0 spiro atoms. The van der Waals surface area contributed by atoms with E-state index in [1.807, 2.05) is 13.8 Å². The van der Waals surface area contributed by atoms with E-state index in [-0.39, 0.29) is 24.4 Å². The average molecular weight is 174 g/mol. The molecule has 1 unspecified atom stereocenters. The van der Waals surface area contributed by atoms with Crippen molar-refractivity contribution < 1.29 is 14.6 Å². The van der Waals surface area contributed by atoms with Crippen LogP contribution < -0.4 is 0 Å². The number of aliphatic hydroxyl groups is 1. The fourth-order valence-electron chi connectivity index (χ4n) is 1.11. The molecule has 0 aliphatic heterocycles. The van der Waals surface area contributed by atoms with Crippen LogP contribution in [0.2, 0.25) is 0 Å². The van der Waals surface area contributed by atoms with E-state index >= 15 is 0 Å². The van der Waals surface area contributed by atoms with Crippen LogP contribution in [0.15, 0.2) is 0 Å². The first-order valence-electron chi connectivity index (χ1n) is 4.41. The first kappa shape index (κ1) is 11.4. The van der Waals surface area contributed by atoms with Crippen LogP contribution in [0.1, 0.15) is 27.2 Å². The van der Waals surface area contributed by atoms with Gasteiger partial charge < -0.3 is 9.84 Å². The van der Waals surface area contributed by atoms with Crippen molar-refractivity contribution in [3.63, 3.8) is 0 Å². The third kappa shape index (κ3) is 3.72. The molecule has 0 aliphatic carbocycles. The summed E-state index contributed by atoms with van der Waals surface area (Å²) in [7, 11) is 0. The van der Waals surface area contributed by atoms with Gasteiger partial charge in [-0.3, -0.25) is 4.79 Å². The third-order valence-electron chi connectivity index (χ3n) is 1.83. The molecule has 12 heavy (non-hydrogen) atoms. The van der Waals surface area contributed by atoms with Gasteiger partial charge in [-0.25, -0.2) is 0 Å². The van der Waals surface area contributed by atoms with Crippen LogP contribution in [0.3, 0.4) is 0 Å². The Labute approximate surface area is 73.7 Å². The molecule has 0 aromatic rings. The van der Waals surface area contributed by atoms with E-state index in [2.05, 4.69) is 0 Å². The quantitative estimate of drug-likeness (QED) is 0.637. The molecule has 0 aliphatic rings. The summed E-state index contributed by atoms with van der Waals surface area (Å²) in [6.45, 7) is 6.15. The topological polar surface area (TPSA) is 46.5 Å². The fraction of sp³-hybridized carbons (Fsp3) is 0.889. The number of ether oxygens (including phenoxy) is 1. The van der Waals surface area contributed by atoms with Crippen molar-refractivity contribution in [3.05, 3.63) is 0 Å². The highest BCUT2D eigenvalue weighted by molar-refractivity contribution is 5.72. The average Bonchev–Trinajstić information content (AvgIpc) is 1.99. The molecule has 0 aromatic carbocycles. The van der Waals surface area contributed by atoms with E-state index in [1.54, 1.807) is 6.92 Å². The largest absolute Gasteiger partial charge is 0.466 e. The van der Waals surface area contributed by atoms with Crippen LogP contribution in [0, 0.1) is 11.8 Å². The zero-order valence-electron chi connectivity index (χ0n) is 8.04. The normalized spacial score (nSPS) is 13.1. The van der Waals surface area contributed by atoms with Gasteiger partial charge in [-0.2, -0.15) is 0 Å². The highest BCUT2D eigenvalue weighted by Gasteiger charge is 2.22. The van der Waals surface area contributed by atoms with E-state index in [0.29, 0.717) is 13.0 Å². The second-order valence-electron chi connectivity index (χ2n) is 3.11. The van der Waals surface area contributed by atoms with E-state index < -0.39 is 0 Å². The molecule has 3 nitrogen and oxygen atoms in total. The number of carbonyl (C=O) groups excluding carboxylic acids is 1. The van der Waals surface area contributed by atoms with Crippen LogP contribution in [-0.2, 0) is 9.53 Å². The van der Waals surface area contributed by atoms with Crippen molar-refractivity contribution in [2.45, 2.75) is 27.2 Å². The zero-order chi connectivity index (χ0) is 9.56. The summed E-state index contributed by atoms with van der Waals surface area (Å²) in [6.07, 6.45) is 0.497. The minimum absolute atomic E-state index is 0.0433. The Morgan fingerprint density at radius 3 is 2.42 bits per heavy atom. The lowest BCUT2D eigenvalue weighted by atomic mass is 9.93. The molecule has 0 bridgehead atoms. The first-order valence-corrected chi connectivity index (χ1v) is 4.41. The predicted octanol–water partition coefficient (Wildman–Crippen LogP) is 1.20. The Bertz CT molecular complexity index is 132. The maximum absolute atomic E-state index is 11.2. The lowest BCUT2D eigenvalue weighted by Gasteiger charge is -2.17. The maximum atomic E-state index is 11.2. The van der Waals surface area contributed by atoms with Crippen LogP contribution >= 0.6 is 0 Å². The molecule has 0 heterocycles. The number of esters is 1. The summed E-state index contributed by atoms with van der Waals surface area (Å²) in [5, 5.41) is 8.69. The summed E-state index contributed by atoms with van der Waals surface area (Å²) < 4.78 is 4.87. The Balaban J connectivity index is 4.00. The molecule has 0 radical (unpaired) electrons. The minimum Gasteiger partial charge on any atom is -0.466 e. The zero-order valence-corrected chi connectivity index (χ0v) is 8.04. The van der Waals surface area contributed by atoms with Gasteiger partial charge in [0, 0.05) is 6.61 Å².